The van der Waals surface area contributed by atoms with E-state index in [2.05, 4.69) is 9.97 Å². The highest BCUT2D eigenvalue weighted by molar-refractivity contribution is 5.79. The second kappa shape index (κ2) is 6.41. The Morgan fingerprint density at radius 1 is 1.24 bits per heavy atom. The van der Waals surface area contributed by atoms with Gasteiger partial charge in [0.2, 0.25) is 11.8 Å². The highest BCUT2D eigenvalue weighted by Gasteiger charge is 2.30. The molecule has 0 unspecified atom stereocenters. The number of hydrogen-bond acceptors (Lipinski definition) is 4. The summed E-state index contributed by atoms with van der Waals surface area (Å²) in [7, 11) is 0. The molecule has 0 atom stereocenters. The minimum absolute atomic E-state index is 0.159. The monoisotopic (exact) mass is 289 g/mol. The number of aromatic nitrogens is 2. The van der Waals surface area contributed by atoms with E-state index in [1.54, 1.807) is 12.3 Å². The highest BCUT2D eigenvalue weighted by Crippen LogP contribution is 2.28. The first-order valence-electron chi connectivity index (χ1n) is 7.97. The van der Waals surface area contributed by atoms with Crippen LogP contribution in [0.4, 0.5) is 0 Å². The normalized spacial score (nSPS) is 20.7. The number of amides is 1. The number of ether oxygens (including phenoxy) is 1. The Labute approximate surface area is 125 Å². The van der Waals surface area contributed by atoms with Crippen LogP contribution in [0.25, 0.3) is 0 Å². The van der Waals surface area contributed by atoms with Crippen LogP contribution in [0, 0.1) is 12.8 Å². The van der Waals surface area contributed by atoms with Gasteiger partial charge in [-0.15, -0.1) is 0 Å². The van der Waals surface area contributed by atoms with Gasteiger partial charge in [-0.3, -0.25) is 4.79 Å². The van der Waals surface area contributed by atoms with Gasteiger partial charge < -0.3 is 9.64 Å². The summed E-state index contributed by atoms with van der Waals surface area (Å²) in [6, 6.07) is 1.79. The molecule has 5 heteroatoms. The fourth-order valence-electron chi connectivity index (χ4n) is 3.30. The maximum Gasteiger partial charge on any atom is 0.225 e. The standard InChI is InChI=1S/C16H23N3O2/c1-12-17-9-6-15(18-12)21-14-7-10-19(11-8-14)16(20)13-4-2-3-5-13/h6,9,13-14H,2-5,7-8,10-11H2,1H3. The first-order valence-corrected chi connectivity index (χ1v) is 7.97. The van der Waals surface area contributed by atoms with Crippen molar-refractivity contribution in [1.82, 2.24) is 14.9 Å². The molecule has 2 fully saturated rings. The smallest absolute Gasteiger partial charge is 0.225 e. The van der Waals surface area contributed by atoms with Gasteiger partial charge in [-0.25, -0.2) is 4.98 Å². The van der Waals surface area contributed by atoms with Gasteiger partial charge in [0.1, 0.15) is 11.9 Å². The maximum atomic E-state index is 12.4. The lowest BCUT2D eigenvalue weighted by molar-refractivity contribution is -0.137. The third-order valence-corrected chi connectivity index (χ3v) is 4.50. The lowest BCUT2D eigenvalue weighted by Crippen LogP contribution is -2.44. The molecular formula is C16H23N3O2. The Morgan fingerprint density at radius 2 is 1.95 bits per heavy atom. The lowest BCUT2D eigenvalue weighted by atomic mass is 10.0. The van der Waals surface area contributed by atoms with E-state index in [1.165, 1.54) is 12.8 Å². The van der Waals surface area contributed by atoms with E-state index < -0.39 is 0 Å². The van der Waals surface area contributed by atoms with Crippen molar-refractivity contribution in [3.8, 4) is 5.88 Å². The summed E-state index contributed by atoms with van der Waals surface area (Å²) in [5.41, 5.74) is 0. The summed E-state index contributed by atoms with van der Waals surface area (Å²) in [6.45, 7) is 3.48. The van der Waals surface area contributed by atoms with Crippen molar-refractivity contribution in [1.29, 1.82) is 0 Å². The number of piperidine rings is 1. The van der Waals surface area contributed by atoms with Crippen molar-refractivity contribution in [3.63, 3.8) is 0 Å². The lowest BCUT2D eigenvalue weighted by Gasteiger charge is -2.33. The van der Waals surface area contributed by atoms with Gasteiger partial charge in [-0.2, -0.15) is 4.98 Å². The quantitative estimate of drug-likeness (QED) is 0.857. The molecule has 1 saturated heterocycles. The molecule has 0 spiro atoms. The van der Waals surface area contributed by atoms with E-state index in [9.17, 15) is 4.79 Å². The van der Waals surface area contributed by atoms with Crippen LogP contribution in [-0.4, -0.2) is 40.0 Å². The SMILES string of the molecule is Cc1nccc(OC2CCN(C(=O)C3CCCC3)CC2)n1. The van der Waals surface area contributed by atoms with Gasteiger partial charge >= 0.3 is 0 Å². The number of rotatable bonds is 3. The van der Waals surface area contributed by atoms with E-state index in [-0.39, 0.29) is 12.0 Å². The van der Waals surface area contributed by atoms with Crippen LogP contribution in [0.2, 0.25) is 0 Å². The third-order valence-electron chi connectivity index (χ3n) is 4.50. The van der Waals surface area contributed by atoms with Crippen LogP contribution >= 0.6 is 0 Å². The summed E-state index contributed by atoms with van der Waals surface area (Å²) in [4.78, 5) is 22.7. The number of likely N-dealkylation sites (tertiary alicyclic amines) is 1. The van der Waals surface area contributed by atoms with Crippen LogP contribution < -0.4 is 4.74 Å². The average Bonchev–Trinajstić information content (AvgIpc) is 3.01. The van der Waals surface area contributed by atoms with Crippen molar-refractivity contribution < 1.29 is 9.53 Å². The molecule has 1 aliphatic carbocycles. The van der Waals surface area contributed by atoms with Crippen molar-refractivity contribution >= 4 is 5.91 Å². The zero-order chi connectivity index (χ0) is 14.7. The Morgan fingerprint density at radius 3 is 2.62 bits per heavy atom. The predicted octanol–water partition coefficient (Wildman–Crippen LogP) is 2.35. The van der Waals surface area contributed by atoms with Crippen LogP contribution in [-0.2, 0) is 4.79 Å². The number of nitrogens with zero attached hydrogens (tertiary/aromatic N) is 3. The molecule has 3 rings (SSSR count). The van der Waals surface area contributed by atoms with Crippen LogP contribution in [0.5, 0.6) is 5.88 Å². The average molecular weight is 289 g/mol. The van der Waals surface area contributed by atoms with E-state index in [1.807, 2.05) is 11.8 Å². The molecule has 1 saturated carbocycles. The second-order valence-corrected chi connectivity index (χ2v) is 6.07. The fourth-order valence-corrected chi connectivity index (χ4v) is 3.30. The molecular weight excluding hydrogens is 266 g/mol. The van der Waals surface area contributed by atoms with Gasteiger partial charge in [-0.1, -0.05) is 12.8 Å². The molecule has 0 bridgehead atoms. The predicted molar refractivity (Wildman–Crippen MR) is 79.0 cm³/mol. The molecule has 2 heterocycles. The van der Waals surface area contributed by atoms with E-state index in [4.69, 9.17) is 4.74 Å². The molecule has 1 amide bonds. The first-order chi connectivity index (χ1) is 10.2. The summed E-state index contributed by atoms with van der Waals surface area (Å²) in [5.74, 6) is 2.01. The first kappa shape index (κ1) is 14.3. The summed E-state index contributed by atoms with van der Waals surface area (Å²) < 4.78 is 5.90. The largest absolute Gasteiger partial charge is 0.474 e. The Balaban J connectivity index is 1.49. The van der Waals surface area contributed by atoms with Crippen molar-refractivity contribution in [3.05, 3.63) is 18.1 Å². The highest BCUT2D eigenvalue weighted by atomic mass is 16.5. The van der Waals surface area contributed by atoms with E-state index in [0.29, 0.717) is 11.8 Å². The minimum Gasteiger partial charge on any atom is -0.474 e. The fraction of sp³-hybridized carbons (Fsp3) is 0.688. The van der Waals surface area contributed by atoms with Crippen molar-refractivity contribution in [2.45, 2.75) is 51.6 Å². The molecule has 0 radical (unpaired) electrons. The molecule has 1 aromatic heterocycles. The summed E-state index contributed by atoms with van der Waals surface area (Å²) in [5, 5.41) is 0. The number of carbonyl (C=O) groups is 1. The van der Waals surface area contributed by atoms with Crippen molar-refractivity contribution in [2.24, 2.45) is 5.92 Å². The van der Waals surface area contributed by atoms with Gasteiger partial charge in [0.15, 0.2) is 0 Å². The molecule has 1 aliphatic heterocycles. The van der Waals surface area contributed by atoms with Gasteiger partial charge in [0, 0.05) is 44.1 Å². The van der Waals surface area contributed by atoms with Gasteiger partial charge in [0.05, 0.1) is 0 Å². The molecule has 5 nitrogen and oxygen atoms in total. The van der Waals surface area contributed by atoms with Gasteiger partial charge in [0.25, 0.3) is 0 Å². The molecule has 21 heavy (non-hydrogen) atoms. The zero-order valence-electron chi connectivity index (χ0n) is 12.6. The minimum atomic E-state index is 0.159. The molecule has 1 aromatic rings. The number of carbonyl (C=O) groups excluding carboxylic acids is 1. The topological polar surface area (TPSA) is 55.3 Å². The third kappa shape index (κ3) is 3.52. The van der Waals surface area contributed by atoms with Crippen molar-refractivity contribution in [2.75, 3.05) is 13.1 Å². The Bertz CT molecular complexity index is 492. The van der Waals surface area contributed by atoms with E-state index >= 15 is 0 Å². The summed E-state index contributed by atoms with van der Waals surface area (Å²) >= 11 is 0. The number of hydrogen-bond donors (Lipinski definition) is 0. The van der Waals surface area contributed by atoms with E-state index in [0.717, 1.165) is 44.6 Å². The van der Waals surface area contributed by atoms with Crippen LogP contribution in [0.1, 0.15) is 44.3 Å². The Kier molecular flexibility index (Phi) is 4.36. The molecule has 114 valence electrons. The van der Waals surface area contributed by atoms with Crippen LogP contribution in [0.15, 0.2) is 12.3 Å². The van der Waals surface area contributed by atoms with Gasteiger partial charge in [-0.05, 0) is 19.8 Å². The molecule has 0 aromatic carbocycles. The maximum absolute atomic E-state index is 12.4. The second-order valence-electron chi connectivity index (χ2n) is 6.07. The Hall–Kier alpha value is -1.65. The number of aryl methyl sites for hydroxylation is 1. The molecule has 2 aliphatic rings. The summed E-state index contributed by atoms with van der Waals surface area (Å²) in [6.07, 6.45) is 8.24. The molecule has 0 N–H and O–H groups in total. The van der Waals surface area contributed by atoms with Crippen LogP contribution in [0.3, 0.4) is 0 Å². The zero-order valence-corrected chi connectivity index (χ0v) is 12.6.